The summed E-state index contributed by atoms with van der Waals surface area (Å²) in [7, 11) is 0. The zero-order chi connectivity index (χ0) is 19.9. The summed E-state index contributed by atoms with van der Waals surface area (Å²) in [5.74, 6) is -1.66. The molecule has 0 spiro atoms. The Kier molecular flexibility index (Phi) is 5.29. The van der Waals surface area contributed by atoms with Crippen LogP contribution in [0.2, 0.25) is 0 Å². The largest absolute Gasteiger partial charge is 0.458 e. The smallest absolute Gasteiger partial charge is 0.334 e. The normalized spacial score (nSPS) is 39.1. The summed E-state index contributed by atoms with van der Waals surface area (Å²) in [6.45, 7) is 8.73. The average molecular weight is 378 g/mol. The van der Waals surface area contributed by atoms with E-state index in [1.807, 2.05) is 6.92 Å². The predicted molar refractivity (Wildman–Crippen MR) is 95.5 cm³/mol. The Labute approximate surface area is 158 Å². The lowest BCUT2D eigenvalue weighted by atomic mass is 9.82. The van der Waals surface area contributed by atoms with Crippen LogP contribution in [0.4, 0.5) is 0 Å². The summed E-state index contributed by atoms with van der Waals surface area (Å²) in [6, 6.07) is 0. The Morgan fingerprint density at radius 3 is 2.85 bits per heavy atom. The molecule has 1 aliphatic carbocycles. The molecule has 0 bridgehead atoms. The number of aliphatic hydroxyl groups excluding tert-OH is 2. The fourth-order valence-corrected chi connectivity index (χ4v) is 3.77. The molecule has 27 heavy (non-hydrogen) atoms. The van der Waals surface area contributed by atoms with E-state index >= 15 is 0 Å². The van der Waals surface area contributed by atoms with E-state index in [0.29, 0.717) is 24.0 Å². The summed E-state index contributed by atoms with van der Waals surface area (Å²) in [5.41, 5.74) is 0.423. The third-order valence-electron chi connectivity index (χ3n) is 5.74. The van der Waals surface area contributed by atoms with Crippen LogP contribution in [0.25, 0.3) is 0 Å². The minimum absolute atomic E-state index is 0.209. The summed E-state index contributed by atoms with van der Waals surface area (Å²) < 4.78 is 16.9. The maximum atomic E-state index is 12.4. The molecule has 2 saturated heterocycles. The lowest BCUT2D eigenvalue weighted by Gasteiger charge is -2.29. The van der Waals surface area contributed by atoms with Crippen molar-refractivity contribution in [3.63, 3.8) is 0 Å². The molecule has 2 aliphatic heterocycles. The van der Waals surface area contributed by atoms with E-state index in [1.54, 1.807) is 26.0 Å². The lowest BCUT2D eigenvalue weighted by Crippen LogP contribution is -2.38. The molecule has 0 amide bonds. The summed E-state index contributed by atoms with van der Waals surface area (Å²) in [5, 5.41) is 20.1. The molecule has 2 heterocycles. The number of fused-ring (bicyclic) bond motifs is 2. The molecular formula is C20H26O7. The van der Waals surface area contributed by atoms with Crippen molar-refractivity contribution in [2.45, 2.75) is 63.6 Å². The van der Waals surface area contributed by atoms with E-state index in [2.05, 4.69) is 6.58 Å². The van der Waals surface area contributed by atoms with Crippen molar-refractivity contribution in [2.75, 3.05) is 6.61 Å². The number of ether oxygens (including phenoxy) is 3. The van der Waals surface area contributed by atoms with E-state index in [1.165, 1.54) is 0 Å². The Morgan fingerprint density at radius 2 is 2.22 bits per heavy atom. The minimum Gasteiger partial charge on any atom is -0.458 e. The number of aliphatic hydroxyl groups is 2. The number of esters is 2. The van der Waals surface area contributed by atoms with Gasteiger partial charge >= 0.3 is 11.9 Å². The Morgan fingerprint density at radius 1 is 1.52 bits per heavy atom. The molecule has 6 atom stereocenters. The highest BCUT2D eigenvalue weighted by Crippen LogP contribution is 2.47. The van der Waals surface area contributed by atoms with Crippen LogP contribution in [-0.2, 0) is 23.8 Å². The van der Waals surface area contributed by atoms with Crippen molar-refractivity contribution < 1.29 is 34.0 Å². The lowest BCUT2D eigenvalue weighted by molar-refractivity contribution is -0.148. The highest BCUT2D eigenvalue weighted by molar-refractivity contribution is 5.92. The van der Waals surface area contributed by atoms with Crippen LogP contribution < -0.4 is 0 Å². The molecule has 3 rings (SSSR count). The van der Waals surface area contributed by atoms with E-state index in [9.17, 15) is 19.8 Å². The standard InChI is InChI=1S/C20H26O7/c1-5-10(2)18(23)26-15-8-20(4)16(27-20)7-13(22)12(9-21)6-14-17(15)11(3)19(24)25-14/h5-6,13-17,21-22H,3,7-9H2,1-2,4H3. The number of carbonyl (C=O) groups excluding carboxylic acids is 2. The first-order valence-corrected chi connectivity index (χ1v) is 9.11. The van der Waals surface area contributed by atoms with E-state index in [-0.39, 0.29) is 18.3 Å². The number of hydrogen-bond donors (Lipinski definition) is 2. The quantitative estimate of drug-likeness (QED) is 0.329. The van der Waals surface area contributed by atoms with Gasteiger partial charge in [-0.1, -0.05) is 12.7 Å². The molecule has 0 aromatic rings. The van der Waals surface area contributed by atoms with Gasteiger partial charge in [0.25, 0.3) is 0 Å². The van der Waals surface area contributed by atoms with Crippen molar-refractivity contribution in [3.8, 4) is 0 Å². The van der Waals surface area contributed by atoms with Crippen molar-refractivity contribution in [1.29, 1.82) is 0 Å². The predicted octanol–water partition coefficient (Wildman–Crippen LogP) is 1.19. The van der Waals surface area contributed by atoms with Gasteiger partial charge in [0.2, 0.25) is 0 Å². The van der Waals surface area contributed by atoms with Crippen molar-refractivity contribution in [2.24, 2.45) is 5.92 Å². The Bertz CT molecular complexity index is 722. The summed E-state index contributed by atoms with van der Waals surface area (Å²) in [6.07, 6.45) is 1.27. The van der Waals surface area contributed by atoms with Gasteiger partial charge in [0.1, 0.15) is 12.2 Å². The molecule has 7 nitrogen and oxygen atoms in total. The van der Waals surface area contributed by atoms with Gasteiger partial charge < -0.3 is 24.4 Å². The van der Waals surface area contributed by atoms with Crippen LogP contribution in [-0.4, -0.2) is 58.8 Å². The molecule has 3 aliphatic rings. The monoisotopic (exact) mass is 378 g/mol. The van der Waals surface area contributed by atoms with E-state index < -0.39 is 41.8 Å². The Hall–Kier alpha value is -1.96. The molecule has 7 heteroatoms. The third-order valence-corrected chi connectivity index (χ3v) is 5.74. The highest BCUT2D eigenvalue weighted by atomic mass is 16.6. The van der Waals surface area contributed by atoms with Crippen LogP contribution in [0.15, 0.2) is 35.5 Å². The molecular weight excluding hydrogens is 352 g/mol. The van der Waals surface area contributed by atoms with Crippen molar-refractivity contribution in [1.82, 2.24) is 0 Å². The molecule has 0 aromatic carbocycles. The van der Waals surface area contributed by atoms with Gasteiger partial charge in [0.15, 0.2) is 0 Å². The molecule has 2 N–H and O–H groups in total. The van der Waals surface area contributed by atoms with Gasteiger partial charge in [-0.3, -0.25) is 0 Å². The zero-order valence-corrected chi connectivity index (χ0v) is 15.8. The number of hydrogen-bond acceptors (Lipinski definition) is 7. The average Bonchev–Trinajstić information content (AvgIpc) is 3.15. The molecule has 148 valence electrons. The van der Waals surface area contributed by atoms with Crippen LogP contribution in [0, 0.1) is 5.92 Å². The van der Waals surface area contributed by atoms with E-state index in [4.69, 9.17) is 14.2 Å². The van der Waals surface area contributed by atoms with Crippen LogP contribution in [0.3, 0.4) is 0 Å². The summed E-state index contributed by atoms with van der Waals surface area (Å²) >= 11 is 0. The second-order valence-corrected chi connectivity index (χ2v) is 7.61. The topological polar surface area (TPSA) is 106 Å². The van der Waals surface area contributed by atoms with E-state index in [0.717, 1.165) is 0 Å². The van der Waals surface area contributed by atoms with Gasteiger partial charge in [0.05, 0.1) is 30.3 Å². The molecule has 0 saturated carbocycles. The molecule has 6 unspecified atom stereocenters. The Balaban J connectivity index is 2.00. The van der Waals surface area contributed by atoms with Gasteiger partial charge in [-0.15, -0.1) is 0 Å². The maximum absolute atomic E-state index is 12.4. The van der Waals surface area contributed by atoms with Gasteiger partial charge in [-0.05, 0) is 32.4 Å². The first-order chi connectivity index (χ1) is 12.7. The highest BCUT2D eigenvalue weighted by Gasteiger charge is 2.57. The second-order valence-electron chi connectivity index (χ2n) is 7.61. The second kappa shape index (κ2) is 7.22. The maximum Gasteiger partial charge on any atom is 0.334 e. The number of epoxide rings is 1. The number of carbonyl (C=O) groups is 2. The van der Waals surface area contributed by atoms with Crippen LogP contribution in [0.5, 0.6) is 0 Å². The fraction of sp³-hybridized carbons (Fsp3) is 0.600. The molecule has 0 radical (unpaired) electrons. The number of allylic oxidation sites excluding steroid dienone is 1. The van der Waals surface area contributed by atoms with Crippen molar-refractivity contribution in [3.05, 3.63) is 35.5 Å². The van der Waals surface area contributed by atoms with Gasteiger partial charge in [-0.25, -0.2) is 9.59 Å². The zero-order valence-electron chi connectivity index (χ0n) is 15.8. The fourth-order valence-electron chi connectivity index (χ4n) is 3.77. The minimum atomic E-state index is -0.903. The van der Waals surface area contributed by atoms with Gasteiger partial charge in [-0.2, -0.15) is 0 Å². The van der Waals surface area contributed by atoms with Crippen LogP contribution in [0.1, 0.15) is 33.6 Å². The molecule has 0 aromatic heterocycles. The number of rotatable bonds is 3. The van der Waals surface area contributed by atoms with Crippen LogP contribution >= 0.6 is 0 Å². The third kappa shape index (κ3) is 3.72. The van der Waals surface area contributed by atoms with Crippen molar-refractivity contribution >= 4 is 11.9 Å². The molecule has 2 fully saturated rings. The first kappa shape index (κ1) is 19.8. The first-order valence-electron chi connectivity index (χ1n) is 9.11. The SMILES string of the molecule is C=C1C(=O)OC2C=C(CO)C(O)CC3OC3(C)CC(OC(=O)C(C)=CC)C12. The summed E-state index contributed by atoms with van der Waals surface area (Å²) in [4.78, 5) is 24.5. The van der Waals surface area contributed by atoms with Gasteiger partial charge in [0, 0.05) is 24.0 Å².